The van der Waals surface area contributed by atoms with Crippen LogP contribution in [0.5, 0.6) is 0 Å². The molecule has 1 aromatic carbocycles. The Morgan fingerprint density at radius 3 is 2.75 bits per heavy atom. The average molecular weight is 215 g/mol. The maximum absolute atomic E-state index is 11.5. The summed E-state index contributed by atoms with van der Waals surface area (Å²) in [6.07, 6.45) is 3.08. The van der Waals surface area contributed by atoms with Crippen LogP contribution in [0.1, 0.15) is 19.3 Å². The molecule has 0 atom stereocenters. The molecule has 1 heterocycles. The van der Waals surface area contributed by atoms with Crippen molar-refractivity contribution >= 4 is 11.7 Å². The lowest BCUT2D eigenvalue weighted by atomic mass is 10.2. The van der Waals surface area contributed by atoms with Crippen LogP contribution in [0.25, 0.3) is 0 Å². The monoisotopic (exact) mass is 215 g/mol. The van der Waals surface area contributed by atoms with Crippen molar-refractivity contribution in [3.05, 3.63) is 41.7 Å². The molecule has 0 saturated carbocycles. The molecule has 4 heteroatoms. The van der Waals surface area contributed by atoms with E-state index >= 15 is 0 Å². The highest BCUT2D eigenvalue weighted by atomic mass is 16.2. The molecule has 0 unspecified atom stereocenters. The van der Waals surface area contributed by atoms with E-state index in [0.717, 1.165) is 30.6 Å². The first-order chi connectivity index (χ1) is 7.84. The molecular formula is C12H13N3O. The van der Waals surface area contributed by atoms with Crippen molar-refractivity contribution < 1.29 is 4.79 Å². The van der Waals surface area contributed by atoms with Crippen LogP contribution >= 0.6 is 0 Å². The number of para-hydroxylation sites is 1. The quantitative estimate of drug-likeness (QED) is 0.753. The van der Waals surface area contributed by atoms with Gasteiger partial charge < -0.3 is 5.32 Å². The van der Waals surface area contributed by atoms with Gasteiger partial charge in [0.25, 0.3) is 0 Å². The van der Waals surface area contributed by atoms with Crippen LogP contribution in [0.4, 0.5) is 10.5 Å². The predicted octanol–water partition coefficient (Wildman–Crippen LogP) is 2.12. The van der Waals surface area contributed by atoms with Crippen LogP contribution in [-0.2, 0) is 0 Å². The van der Waals surface area contributed by atoms with Crippen molar-refractivity contribution in [2.24, 2.45) is 0 Å². The van der Waals surface area contributed by atoms with E-state index in [-0.39, 0.29) is 6.03 Å². The summed E-state index contributed by atoms with van der Waals surface area (Å²) in [6, 6.07) is 9.75. The van der Waals surface area contributed by atoms with Gasteiger partial charge in [-0.3, -0.25) is 5.01 Å². The number of carbonyl (C=O) groups is 1. The summed E-state index contributed by atoms with van der Waals surface area (Å²) < 4.78 is 0. The van der Waals surface area contributed by atoms with Crippen LogP contribution in [0.3, 0.4) is 0 Å². The molecule has 0 aromatic heterocycles. The summed E-state index contributed by atoms with van der Waals surface area (Å²) in [5.74, 6) is 0. The number of nitrogens with one attached hydrogen (secondary N) is 2. The minimum Gasteiger partial charge on any atom is -0.309 e. The minimum absolute atomic E-state index is 0.149. The Morgan fingerprint density at radius 1 is 1.12 bits per heavy atom. The Kier molecular flexibility index (Phi) is 2.06. The molecule has 1 aromatic rings. The summed E-state index contributed by atoms with van der Waals surface area (Å²) in [6.45, 7) is 0. The smallest absolute Gasteiger partial charge is 0.309 e. The van der Waals surface area contributed by atoms with Crippen LogP contribution in [0, 0.1) is 0 Å². The second-order valence-electron chi connectivity index (χ2n) is 4.02. The molecule has 4 nitrogen and oxygen atoms in total. The van der Waals surface area contributed by atoms with Gasteiger partial charge in [-0.15, -0.1) is 0 Å². The van der Waals surface area contributed by atoms with Crippen molar-refractivity contribution in [1.29, 1.82) is 0 Å². The number of hydrogen-bond donors (Lipinski definition) is 2. The fraction of sp³-hybridized carbons (Fsp3) is 0.250. The topological polar surface area (TPSA) is 44.4 Å². The van der Waals surface area contributed by atoms with Gasteiger partial charge in [0.2, 0.25) is 0 Å². The van der Waals surface area contributed by atoms with Crippen molar-refractivity contribution in [3.63, 3.8) is 0 Å². The molecule has 1 aliphatic heterocycles. The van der Waals surface area contributed by atoms with E-state index in [2.05, 4.69) is 10.7 Å². The van der Waals surface area contributed by atoms with Crippen molar-refractivity contribution in [2.45, 2.75) is 19.3 Å². The minimum atomic E-state index is -0.149. The molecule has 0 spiro atoms. The SMILES string of the molecule is O=C1NC2=C(CCC2)N(c2ccccc2)N1. The van der Waals surface area contributed by atoms with Gasteiger partial charge in [-0.05, 0) is 31.4 Å². The zero-order chi connectivity index (χ0) is 11.0. The van der Waals surface area contributed by atoms with Gasteiger partial charge in [-0.1, -0.05) is 18.2 Å². The van der Waals surface area contributed by atoms with Crippen molar-refractivity contribution in [3.8, 4) is 0 Å². The highest BCUT2D eigenvalue weighted by molar-refractivity contribution is 5.81. The standard InChI is InChI=1S/C12H13N3O/c16-12-13-10-7-4-8-11(10)15(14-12)9-5-2-1-3-6-9/h1-3,5-6H,4,7-8H2,(H2,13,14,16). The third kappa shape index (κ3) is 1.43. The maximum Gasteiger partial charge on any atom is 0.338 e. The van der Waals surface area contributed by atoms with Gasteiger partial charge in [0.15, 0.2) is 0 Å². The van der Waals surface area contributed by atoms with E-state index in [9.17, 15) is 4.79 Å². The Bertz CT molecular complexity index is 453. The number of hydrazine groups is 1. The van der Waals surface area contributed by atoms with Crippen LogP contribution in [-0.4, -0.2) is 6.03 Å². The van der Waals surface area contributed by atoms with E-state index in [0.29, 0.717) is 0 Å². The Morgan fingerprint density at radius 2 is 1.94 bits per heavy atom. The first kappa shape index (κ1) is 9.27. The lowest BCUT2D eigenvalue weighted by molar-refractivity contribution is 0.241. The average Bonchev–Trinajstić information content (AvgIpc) is 2.77. The number of allylic oxidation sites excluding steroid dienone is 2. The lowest BCUT2D eigenvalue weighted by Gasteiger charge is -2.31. The molecular weight excluding hydrogens is 202 g/mol. The van der Waals surface area contributed by atoms with Crippen LogP contribution in [0.15, 0.2) is 41.7 Å². The second-order valence-corrected chi connectivity index (χ2v) is 4.02. The summed E-state index contributed by atoms with van der Waals surface area (Å²) in [5.41, 5.74) is 6.08. The van der Waals surface area contributed by atoms with Crippen LogP contribution in [0.2, 0.25) is 0 Å². The Hall–Kier alpha value is -1.97. The number of anilines is 1. The third-order valence-electron chi connectivity index (χ3n) is 2.95. The molecule has 16 heavy (non-hydrogen) atoms. The normalized spacial score (nSPS) is 19.2. The number of nitrogens with zero attached hydrogens (tertiary/aromatic N) is 1. The van der Waals surface area contributed by atoms with Gasteiger partial charge in [0.05, 0.1) is 11.4 Å². The summed E-state index contributed by atoms with van der Waals surface area (Å²) in [5, 5.41) is 4.76. The van der Waals surface area contributed by atoms with Gasteiger partial charge >= 0.3 is 6.03 Å². The van der Waals surface area contributed by atoms with E-state index in [1.807, 2.05) is 35.3 Å². The molecule has 0 saturated heterocycles. The van der Waals surface area contributed by atoms with Gasteiger partial charge in [0, 0.05) is 5.70 Å². The van der Waals surface area contributed by atoms with Gasteiger partial charge in [-0.25, -0.2) is 10.2 Å². The second kappa shape index (κ2) is 3.56. The first-order valence-electron chi connectivity index (χ1n) is 5.49. The molecule has 1 aliphatic carbocycles. The number of carbonyl (C=O) groups excluding carboxylic acids is 1. The number of benzene rings is 1. The largest absolute Gasteiger partial charge is 0.338 e. The van der Waals surface area contributed by atoms with Crippen molar-refractivity contribution in [1.82, 2.24) is 10.7 Å². The molecule has 82 valence electrons. The molecule has 3 rings (SSSR count). The number of hydrogen-bond acceptors (Lipinski definition) is 2. The zero-order valence-corrected chi connectivity index (χ0v) is 8.86. The molecule has 0 fully saturated rings. The fourth-order valence-corrected chi connectivity index (χ4v) is 2.24. The van der Waals surface area contributed by atoms with E-state index in [4.69, 9.17) is 0 Å². The highest BCUT2D eigenvalue weighted by Crippen LogP contribution is 2.31. The maximum atomic E-state index is 11.5. The van der Waals surface area contributed by atoms with Crippen molar-refractivity contribution in [2.75, 3.05) is 5.01 Å². The fourth-order valence-electron chi connectivity index (χ4n) is 2.24. The number of urea groups is 1. The molecule has 0 radical (unpaired) electrons. The van der Waals surface area contributed by atoms with Gasteiger partial charge in [0.1, 0.15) is 0 Å². The summed E-state index contributed by atoms with van der Waals surface area (Å²) in [7, 11) is 0. The summed E-state index contributed by atoms with van der Waals surface area (Å²) in [4.78, 5) is 11.5. The van der Waals surface area contributed by atoms with E-state index < -0.39 is 0 Å². The number of amides is 2. The van der Waals surface area contributed by atoms with Crippen LogP contribution < -0.4 is 15.8 Å². The summed E-state index contributed by atoms with van der Waals surface area (Å²) >= 11 is 0. The predicted molar refractivity (Wildman–Crippen MR) is 61.5 cm³/mol. The molecule has 2 amide bonds. The van der Waals surface area contributed by atoms with E-state index in [1.165, 1.54) is 5.70 Å². The van der Waals surface area contributed by atoms with Gasteiger partial charge in [-0.2, -0.15) is 0 Å². The molecule has 2 N–H and O–H groups in total. The Labute approximate surface area is 93.9 Å². The highest BCUT2D eigenvalue weighted by Gasteiger charge is 2.28. The zero-order valence-electron chi connectivity index (χ0n) is 8.86. The third-order valence-corrected chi connectivity index (χ3v) is 2.95. The lowest BCUT2D eigenvalue weighted by Crippen LogP contribution is -2.51. The Balaban J connectivity index is 2.00. The molecule has 2 aliphatic rings. The molecule has 0 bridgehead atoms. The number of rotatable bonds is 1. The van der Waals surface area contributed by atoms with E-state index in [1.54, 1.807) is 0 Å². The first-order valence-corrected chi connectivity index (χ1v) is 5.49.